The topological polar surface area (TPSA) is 38.3 Å². The van der Waals surface area contributed by atoms with Crippen molar-refractivity contribution in [3.8, 4) is 0 Å². The molecule has 1 fully saturated rings. The molecule has 2 aliphatic carbocycles. The predicted octanol–water partition coefficient (Wildman–Crippen LogP) is 2.93. The van der Waals surface area contributed by atoms with E-state index in [1.165, 1.54) is 43.9 Å². The van der Waals surface area contributed by atoms with Crippen molar-refractivity contribution in [3.63, 3.8) is 0 Å². The Kier molecular flexibility index (Phi) is 3.21. The maximum absolute atomic E-state index is 11.7. The third-order valence-electron chi connectivity index (χ3n) is 4.45. The van der Waals surface area contributed by atoms with Gasteiger partial charge in [0.1, 0.15) is 0 Å². The van der Waals surface area contributed by atoms with E-state index >= 15 is 0 Å². The zero-order valence-corrected chi connectivity index (χ0v) is 11.5. The van der Waals surface area contributed by atoms with Gasteiger partial charge in [0.25, 0.3) is 0 Å². The molecule has 0 heterocycles. The molecule has 0 amide bonds. The lowest BCUT2D eigenvalue weighted by molar-refractivity contribution is -0.146. The minimum absolute atomic E-state index is 0.0713. The van der Waals surface area contributed by atoms with Crippen molar-refractivity contribution in [2.75, 3.05) is 19.0 Å². The van der Waals surface area contributed by atoms with Gasteiger partial charge in [0.2, 0.25) is 0 Å². The monoisotopic (exact) mass is 259 g/mol. The van der Waals surface area contributed by atoms with E-state index in [4.69, 9.17) is 4.74 Å². The zero-order chi connectivity index (χ0) is 13.3. The van der Waals surface area contributed by atoms with Crippen LogP contribution in [0.3, 0.4) is 0 Å². The van der Waals surface area contributed by atoms with Crippen molar-refractivity contribution in [2.45, 2.75) is 38.5 Å². The molecule has 2 aliphatic rings. The fourth-order valence-electron chi connectivity index (χ4n) is 2.94. The average molecular weight is 259 g/mol. The number of carbonyl (C=O) groups is 1. The van der Waals surface area contributed by atoms with Crippen LogP contribution in [0.2, 0.25) is 0 Å². The largest absolute Gasteiger partial charge is 0.469 e. The van der Waals surface area contributed by atoms with Crippen LogP contribution in [0, 0.1) is 5.41 Å². The van der Waals surface area contributed by atoms with Gasteiger partial charge in [-0.15, -0.1) is 0 Å². The summed E-state index contributed by atoms with van der Waals surface area (Å²) in [5, 5.41) is 3.41. The standard InChI is InChI=1S/C16H21NO2/c1-19-15(18)16(8-9-16)11-17-14-7-6-12-4-2-3-5-13(12)10-14/h6-7,10,17H,2-5,8-9,11H2,1H3. The first-order valence-corrected chi connectivity index (χ1v) is 7.18. The molecule has 3 heteroatoms. The van der Waals surface area contributed by atoms with Gasteiger partial charge in [-0.1, -0.05) is 6.07 Å². The van der Waals surface area contributed by atoms with Crippen molar-refractivity contribution < 1.29 is 9.53 Å². The van der Waals surface area contributed by atoms with E-state index in [9.17, 15) is 4.79 Å². The summed E-state index contributed by atoms with van der Waals surface area (Å²) in [7, 11) is 1.47. The highest BCUT2D eigenvalue weighted by molar-refractivity contribution is 5.80. The number of methoxy groups -OCH3 is 1. The van der Waals surface area contributed by atoms with Crippen LogP contribution < -0.4 is 5.32 Å². The number of nitrogens with one attached hydrogen (secondary N) is 1. The maximum atomic E-state index is 11.7. The van der Waals surface area contributed by atoms with Gasteiger partial charge in [0.15, 0.2) is 0 Å². The molecule has 0 aromatic heterocycles. The molecule has 0 atom stereocenters. The number of rotatable bonds is 4. The number of carbonyl (C=O) groups excluding carboxylic acids is 1. The second kappa shape index (κ2) is 4.87. The van der Waals surface area contributed by atoms with Crippen LogP contribution in [-0.4, -0.2) is 19.6 Å². The number of aryl methyl sites for hydroxylation is 2. The summed E-state index contributed by atoms with van der Waals surface area (Å²) in [6.45, 7) is 0.693. The third kappa shape index (κ3) is 2.46. The van der Waals surface area contributed by atoms with Crippen LogP contribution in [0.25, 0.3) is 0 Å². The molecular formula is C16H21NO2. The van der Waals surface area contributed by atoms with Crippen molar-refractivity contribution in [1.29, 1.82) is 0 Å². The van der Waals surface area contributed by atoms with E-state index in [1.807, 2.05) is 0 Å². The van der Waals surface area contributed by atoms with E-state index in [-0.39, 0.29) is 11.4 Å². The first-order valence-electron chi connectivity index (χ1n) is 7.18. The second-order valence-electron chi connectivity index (χ2n) is 5.82. The van der Waals surface area contributed by atoms with E-state index in [2.05, 4.69) is 23.5 Å². The molecule has 0 aliphatic heterocycles. The van der Waals surface area contributed by atoms with Gasteiger partial charge >= 0.3 is 5.97 Å². The average Bonchev–Trinajstić information content (AvgIpc) is 3.25. The molecule has 1 saturated carbocycles. The Morgan fingerprint density at radius 2 is 2.00 bits per heavy atom. The van der Waals surface area contributed by atoms with Gasteiger partial charge in [-0.25, -0.2) is 0 Å². The highest BCUT2D eigenvalue weighted by atomic mass is 16.5. The first kappa shape index (κ1) is 12.5. The third-order valence-corrected chi connectivity index (χ3v) is 4.45. The smallest absolute Gasteiger partial charge is 0.313 e. The molecule has 1 aromatic rings. The van der Waals surface area contributed by atoms with E-state index in [0.29, 0.717) is 6.54 Å². The fraction of sp³-hybridized carbons (Fsp3) is 0.562. The number of benzene rings is 1. The van der Waals surface area contributed by atoms with E-state index in [0.717, 1.165) is 18.5 Å². The Hall–Kier alpha value is -1.51. The minimum Gasteiger partial charge on any atom is -0.469 e. The first-order chi connectivity index (χ1) is 9.23. The van der Waals surface area contributed by atoms with Crippen LogP contribution in [-0.2, 0) is 22.4 Å². The SMILES string of the molecule is COC(=O)C1(CNc2ccc3c(c2)CCCC3)CC1. The summed E-state index contributed by atoms with van der Waals surface area (Å²) >= 11 is 0. The molecule has 0 spiro atoms. The van der Waals surface area contributed by atoms with E-state index in [1.54, 1.807) is 0 Å². The number of fused-ring (bicyclic) bond motifs is 1. The zero-order valence-electron chi connectivity index (χ0n) is 11.5. The van der Waals surface area contributed by atoms with Crippen LogP contribution in [0.5, 0.6) is 0 Å². The highest BCUT2D eigenvalue weighted by Gasteiger charge is 2.50. The maximum Gasteiger partial charge on any atom is 0.313 e. The Labute approximate surface area is 114 Å². The molecule has 0 unspecified atom stereocenters. The molecule has 102 valence electrons. The lowest BCUT2D eigenvalue weighted by Crippen LogP contribution is -2.26. The van der Waals surface area contributed by atoms with Gasteiger partial charge in [-0.2, -0.15) is 0 Å². The number of hydrogen-bond acceptors (Lipinski definition) is 3. The van der Waals surface area contributed by atoms with Gasteiger partial charge in [0, 0.05) is 12.2 Å². The second-order valence-corrected chi connectivity index (χ2v) is 5.82. The number of esters is 1. The number of hydrogen-bond donors (Lipinski definition) is 1. The summed E-state index contributed by atoms with van der Waals surface area (Å²) in [5.41, 5.74) is 3.84. The minimum atomic E-state index is -0.259. The van der Waals surface area contributed by atoms with Crippen LogP contribution in [0.1, 0.15) is 36.8 Å². The normalized spacial score (nSPS) is 19.4. The van der Waals surface area contributed by atoms with Crippen molar-refractivity contribution >= 4 is 11.7 Å². The Balaban J connectivity index is 1.66. The number of anilines is 1. The van der Waals surface area contributed by atoms with Crippen LogP contribution >= 0.6 is 0 Å². The molecule has 19 heavy (non-hydrogen) atoms. The molecule has 0 radical (unpaired) electrons. The molecule has 3 nitrogen and oxygen atoms in total. The lowest BCUT2D eigenvalue weighted by atomic mass is 9.91. The summed E-state index contributed by atoms with van der Waals surface area (Å²) in [6.07, 6.45) is 6.89. The molecular weight excluding hydrogens is 238 g/mol. The van der Waals surface area contributed by atoms with Crippen molar-refractivity contribution in [2.24, 2.45) is 5.41 Å². The number of ether oxygens (including phenoxy) is 1. The fourth-order valence-corrected chi connectivity index (χ4v) is 2.94. The highest BCUT2D eigenvalue weighted by Crippen LogP contribution is 2.46. The molecule has 0 saturated heterocycles. The van der Waals surface area contributed by atoms with Crippen LogP contribution in [0.4, 0.5) is 5.69 Å². The quantitative estimate of drug-likeness (QED) is 0.845. The molecule has 1 N–H and O–H groups in total. The Morgan fingerprint density at radius 1 is 1.26 bits per heavy atom. The molecule has 1 aromatic carbocycles. The summed E-state index contributed by atoms with van der Waals surface area (Å²) < 4.78 is 4.88. The Bertz CT molecular complexity index is 492. The van der Waals surface area contributed by atoms with Crippen molar-refractivity contribution in [3.05, 3.63) is 29.3 Å². The molecule has 3 rings (SSSR count). The van der Waals surface area contributed by atoms with E-state index < -0.39 is 0 Å². The predicted molar refractivity (Wildman–Crippen MR) is 75.3 cm³/mol. The summed E-state index contributed by atoms with van der Waals surface area (Å²) in [6, 6.07) is 6.62. The molecule has 0 bridgehead atoms. The van der Waals surface area contributed by atoms with Crippen LogP contribution in [0.15, 0.2) is 18.2 Å². The lowest BCUT2D eigenvalue weighted by Gasteiger charge is -2.19. The summed E-state index contributed by atoms with van der Waals surface area (Å²) in [5.74, 6) is -0.0713. The van der Waals surface area contributed by atoms with Gasteiger partial charge in [0.05, 0.1) is 12.5 Å². The summed E-state index contributed by atoms with van der Waals surface area (Å²) in [4.78, 5) is 11.7. The Morgan fingerprint density at radius 3 is 2.68 bits per heavy atom. The van der Waals surface area contributed by atoms with Gasteiger partial charge < -0.3 is 10.1 Å². The van der Waals surface area contributed by atoms with Gasteiger partial charge in [-0.3, -0.25) is 4.79 Å². The van der Waals surface area contributed by atoms with Crippen molar-refractivity contribution in [1.82, 2.24) is 0 Å². The van der Waals surface area contributed by atoms with Gasteiger partial charge in [-0.05, 0) is 61.8 Å².